The number of nitrogens with one attached hydrogen (secondary N) is 1. The Hall–Kier alpha value is -3.49. The molecule has 2 aliphatic heterocycles. The highest BCUT2D eigenvalue weighted by molar-refractivity contribution is 6.31. The Labute approximate surface area is 220 Å². The maximum atomic E-state index is 14.1. The Morgan fingerprint density at radius 1 is 1.32 bits per heavy atom. The molecule has 2 fully saturated rings. The van der Waals surface area contributed by atoms with Gasteiger partial charge in [-0.3, -0.25) is 19.8 Å². The number of hydrogen-bond acceptors (Lipinski definition) is 6. The van der Waals surface area contributed by atoms with Crippen LogP contribution in [0.15, 0.2) is 61.2 Å². The first kappa shape index (κ1) is 25.2. The zero-order valence-corrected chi connectivity index (χ0v) is 21.2. The van der Waals surface area contributed by atoms with Crippen LogP contribution >= 0.6 is 11.6 Å². The Morgan fingerprint density at radius 3 is 2.78 bits per heavy atom. The van der Waals surface area contributed by atoms with E-state index in [4.69, 9.17) is 16.3 Å². The number of fused-ring (bicyclic) bond motifs is 2. The molecule has 4 atom stereocenters. The molecular weight excluding hydrogens is 494 g/mol. The van der Waals surface area contributed by atoms with Crippen molar-refractivity contribution < 1.29 is 19.2 Å². The van der Waals surface area contributed by atoms with Gasteiger partial charge in [0.1, 0.15) is 5.54 Å². The summed E-state index contributed by atoms with van der Waals surface area (Å²) in [6, 6.07) is 10.9. The quantitative estimate of drug-likeness (QED) is 0.232. The van der Waals surface area contributed by atoms with Crippen molar-refractivity contribution in [1.82, 2.24) is 4.90 Å². The predicted octanol–water partition coefficient (Wildman–Crippen LogP) is 4.77. The summed E-state index contributed by atoms with van der Waals surface area (Å²) in [4.78, 5) is 40.5. The fraction of sp³-hybridized carbons (Fsp3) is 0.357. The van der Waals surface area contributed by atoms with Crippen LogP contribution in [0.1, 0.15) is 41.9 Å². The van der Waals surface area contributed by atoms with Gasteiger partial charge in [-0.05, 0) is 48.4 Å². The molecule has 0 aromatic heterocycles. The van der Waals surface area contributed by atoms with Crippen molar-refractivity contribution in [2.75, 3.05) is 19.0 Å². The Bertz CT molecular complexity index is 1310. The number of methoxy groups -OCH3 is 1. The van der Waals surface area contributed by atoms with Gasteiger partial charge in [0.05, 0.1) is 19.1 Å². The molecule has 37 heavy (non-hydrogen) atoms. The van der Waals surface area contributed by atoms with Gasteiger partial charge in [0.25, 0.3) is 5.91 Å². The molecule has 1 amide bonds. The number of nitro groups is 1. The topological polar surface area (TPSA) is 102 Å². The second kappa shape index (κ2) is 9.76. The number of nitrogens with zero attached hydrogens (tertiary/aromatic N) is 2. The van der Waals surface area contributed by atoms with E-state index >= 15 is 0 Å². The molecule has 9 heteroatoms. The molecule has 1 unspecified atom stereocenters. The van der Waals surface area contributed by atoms with Gasteiger partial charge in [-0.15, -0.1) is 0 Å². The maximum absolute atomic E-state index is 14.1. The molecule has 2 aromatic carbocycles. The molecule has 8 nitrogen and oxygen atoms in total. The molecule has 1 aliphatic carbocycles. The van der Waals surface area contributed by atoms with Gasteiger partial charge in [-0.25, -0.2) is 4.79 Å². The zero-order chi connectivity index (χ0) is 26.3. The van der Waals surface area contributed by atoms with Crippen LogP contribution < -0.4 is 5.32 Å². The van der Waals surface area contributed by atoms with Gasteiger partial charge >= 0.3 is 5.97 Å². The van der Waals surface area contributed by atoms with Crippen LogP contribution in [0.2, 0.25) is 5.02 Å². The van der Waals surface area contributed by atoms with Crippen molar-refractivity contribution in [3.63, 3.8) is 0 Å². The minimum atomic E-state index is -1.32. The van der Waals surface area contributed by atoms with Gasteiger partial charge < -0.3 is 10.1 Å². The number of likely N-dealkylation sites (tertiary alicyclic amines) is 1. The standard InChI is InChI=1S/C28H28ClN3O5/c1-3-17-6-4-7-19(14-17)25-26(32(35)36)23(8-5-9-24(33)37-2)31(16-18-10-11-18)28(25)21-13-12-20(29)15-22(21)30-27(28)34/h3-7,9,12-15,18,23,25-26H,1,8,10-11,16H2,2H3,(H,30,34)/b9-5+/t23-,25-,26?,28+/m0/s1. The smallest absolute Gasteiger partial charge is 0.330 e. The number of amides is 1. The number of halogens is 1. The van der Waals surface area contributed by atoms with Crippen molar-refractivity contribution in [2.45, 2.75) is 42.8 Å². The first-order valence-corrected chi connectivity index (χ1v) is 12.7. The number of ether oxygens (including phenoxy) is 1. The first-order chi connectivity index (χ1) is 17.8. The van der Waals surface area contributed by atoms with Crippen LogP contribution in [-0.2, 0) is 19.9 Å². The van der Waals surface area contributed by atoms with E-state index in [1.807, 2.05) is 35.2 Å². The lowest BCUT2D eigenvalue weighted by molar-refractivity contribution is -0.528. The molecule has 2 aromatic rings. The molecule has 0 bridgehead atoms. The van der Waals surface area contributed by atoms with Crippen LogP contribution in [0.4, 0.5) is 5.69 Å². The molecule has 0 radical (unpaired) electrons. The van der Waals surface area contributed by atoms with Crippen LogP contribution in [0.3, 0.4) is 0 Å². The molecule has 1 N–H and O–H groups in total. The van der Waals surface area contributed by atoms with E-state index in [0.29, 0.717) is 34.3 Å². The van der Waals surface area contributed by atoms with Crippen LogP contribution in [0.25, 0.3) is 6.08 Å². The van der Waals surface area contributed by atoms with Crippen LogP contribution in [0, 0.1) is 16.0 Å². The van der Waals surface area contributed by atoms with Gasteiger partial charge in [-0.1, -0.05) is 60.7 Å². The van der Waals surface area contributed by atoms with E-state index < -0.39 is 29.5 Å². The number of carbonyl (C=O) groups excluding carboxylic acids is 2. The largest absolute Gasteiger partial charge is 0.466 e. The lowest BCUT2D eigenvalue weighted by Crippen LogP contribution is -2.52. The first-order valence-electron chi connectivity index (χ1n) is 12.3. The number of rotatable bonds is 8. The summed E-state index contributed by atoms with van der Waals surface area (Å²) >= 11 is 6.27. The van der Waals surface area contributed by atoms with Gasteiger partial charge in [0.15, 0.2) is 0 Å². The highest BCUT2D eigenvalue weighted by Crippen LogP contribution is 2.59. The molecule has 1 spiro atoms. The molecule has 1 saturated carbocycles. The monoisotopic (exact) mass is 521 g/mol. The number of hydrogen-bond donors (Lipinski definition) is 1. The van der Waals surface area contributed by atoms with Crippen molar-refractivity contribution in [3.8, 4) is 0 Å². The molecule has 2 heterocycles. The minimum Gasteiger partial charge on any atom is -0.466 e. The van der Waals surface area contributed by atoms with Gasteiger partial charge in [0, 0.05) is 33.8 Å². The molecule has 1 saturated heterocycles. The summed E-state index contributed by atoms with van der Waals surface area (Å²) in [5.74, 6) is -1.28. The zero-order valence-electron chi connectivity index (χ0n) is 20.4. The fourth-order valence-electron chi connectivity index (χ4n) is 6.06. The van der Waals surface area contributed by atoms with E-state index in [-0.39, 0.29) is 17.3 Å². The lowest BCUT2D eigenvalue weighted by atomic mass is 9.73. The Morgan fingerprint density at radius 2 is 2.11 bits per heavy atom. The normalized spacial score (nSPS) is 26.9. The average Bonchev–Trinajstić information content (AvgIpc) is 3.60. The predicted molar refractivity (Wildman–Crippen MR) is 141 cm³/mol. The summed E-state index contributed by atoms with van der Waals surface area (Å²) in [6.07, 6.45) is 6.81. The SMILES string of the molecule is C=Cc1cccc([C@H]2C([N+](=O)[O-])[C@H](C/C=C/C(=O)OC)N(CC3CC3)[C@@]23C(=O)Nc2cc(Cl)ccc23)c1. The summed E-state index contributed by atoms with van der Waals surface area (Å²) in [7, 11) is 1.28. The average molecular weight is 522 g/mol. The van der Waals surface area contributed by atoms with E-state index in [0.717, 1.165) is 18.4 Å². The molecule has 3 aliphatic rings. The van der Waals surface area contributed by atoms with Crippen molar-refractivity contribution >= 4 is 35.2 Å². The Kier molecular flexibility index (Phi) is 6.64. The third kappa shape index (κ3) is 4.24. The van der Waals surface area contributed by atoms with Crippen molar-refractivity contribution in [1.29, 1.82) is 0 Å². The summed E-state index contributed by atoms with van der Waals surface area (Å²) in [6.45, 7) is 4.39. The molecule has 5 rings (SSSR count). The third-order valence-corrected chi connectivity index (χ3v) is 7.99. The highest BCUT2D eigenvalue weighted by Gasteiger charge is 2.70. The molecule has 192 valence electrons. The van der Waals surface area contributed by atoms with E-state index in [1.54, 1.807) is 24.3 Å². The van der Waals surface area contributed by atoms with Gasteiger partial charge in [0.2, 0.25) is 6.04 Å². The summed E-state index contributed by atoms with van der Waals surface area (Å²) < 4.78 is 4.72. The number of esters is 1. The number of carbonyl (C=O) groups is 2. The van der Waals surface area contributed by atoms with Crippen molar-refractivity contribution in [2.24, 2.45) is 5.92 Å². The van der Waals surface area contributed by atoms with Crippen molar-refractivity contribution in [3.05, 3.63) is 93.0 Å². The van der Waals surface area contributed by atoms with Crippen LogP contribution in [0.5, 0.6) is 0 Å². The second-order valence-electron chi connectivity index (χ2n) is 9.86. The van der Waals surface area contributed by atoms with Crippen LogP contribution in [-0.4, -0.2) is 47.4 Å². The van der Waals surface area contributed by atoms with Gasteiger partial charge in [-0.2, -0.15) is 0 Å². The number of anilines is 1. The van der Waals surface area contributed by atoms with E-state index in [2.05, 4.69) is 11.9 Å². The Balaban J connectivity index is 1.75. The second-order valence-corrected chi connectivity index (χ2v) is 10.3. The summed E-state index contributed by atoms with van der Waals surface area (Å²) in [5, 5.41) is 16.3. The number of benzene rings is 2. The molecular formula is C28H28ClN3O5. The van der Waals surface area contributed by atoms with E-state index in [9.17, 15) is 19.7 Å². The van der Waals surface area contributed by atoms with E-state index in [1.165, 1.54) is 13.2 Å². The fourth-order valence-corrected chi connectivity index (χ4v) is 6.23. The minimum absolute atomic E-state index is 0.211. The maximum Gasteiger partial charge on any atom is 0.330 e. The lowest BCUT2D eigenvalue weighted by Gasteiger charge is -2.38. The summed E-state index contributed by atoms with van der Waals surface area (Å²) in [5.41, 5.74) is 1.44. The third-order valence-electron chi connectivity index (χ3n) is 7.76. The highest BCUT2D eigenvalue weighted by atomic mass is 35.5.